The van der Waals surface area contributed by atoms with Gasteiger partial charge in [0.25, 0.3) is 0 Å². The van der Waals surface area contributed by atoms with Crippen molar-refractivity contribution >= 4 is 17.3 Å². The lowest BCUT2D eigenvalue weighted by Gasteiger charge is -2.39. The van der Waals surface area contributed by atoms with Crippen LogP contribution < -0.4 is 5.73 Å². The van der Waals surface area contributed by atoms with Gasteiger partial charge in [0.05, 0.1) is 5.70 Å². The Morgan fingerprint density at radius 2 is 1.74 bits per heavy atom. The zero-order chi connectivity index (χ0) is 14.6. The second kappa shape index (κ2) is 3.89. The first-order chi connectivity index (χ1) is 8.63. The first kappa shape index (κ1) is 13.7. The molecule has 0 aliphatic heterocycles. The largest absolute Gasteiger partial charge is 0.395 e. The molecule has 2 aliphatic rings. The molecule has 1 fully saturated rings. The van der Waals surface area contributed by atoms with Gasteiger partial charge in [-0.2, -0.15) is 0 Å². The number of rotatable bonds is 1. The highest BCUT2D eigenvalue weighted by atomic mass is 16.1. The first-order valence-electron chi connectivity index (χ1n) is 6.44. The number of carbonyl (C=O) groups is 3. The standard InChI is InChI=1S/C15H19NO3/c1-8-10(17)7-9(13(19)12(8)16)15(4)6-5-11(18)14(15,2)3/h7H,5-6,16H2,1-4H3. The van der Waals surface area contributed by atoms with Gasteiger partial charge in [-0.3, -0.25) is 14.4 Å². The smallest absolute Gasteiger partial charge is 0.205 e. The average molecular weight is 261 g/mol. The van der Waals surface area contributed by atoms with Crippen molar-refractivity contribution in [3.8, 4) is 0 Å². The molecule has 2 N–H and O–H groups in total. The molecule has 0 amide bonds. The molecule has 1 unspecified atom stereocenters. The normalized spacial score (nSPS) is 30.9. The van der Waals surface area contributed by atoms with E-state index in [4.69, 9.17) is 5.73 Å². The van der Waals surface area contributed by atoms with Crippen LogP contribution in [0.4, 0.5) is 0 Å². The van der Waals surface area contributed by atoms with Gasteiger partial charge in [0.1, 0.15) is 5.78 Å². The van der Waals surface area contributed by atoms with Crippen molar-refractivity contribution in [3.63, 3.8) is 0 Å². The van der Waals surface area contributed by atoms with Crippen molar-refractivity contribution in [2.24, 2.45) is 16.6 Å². The Labute approximate surface area is 112 Å². The van der Waals surface area contributed by atoms with E-state index < -0.39 is 10.8 Å². The summed E-state index contributed by atoms with van der Waals surface area (Å²) in [6.07, 6.45) is 2.38. The maximum absolute atomic E-state index is 12.4. The first-order valence-corrected chi connectivity index (χ1v) is 6.44. The van der Waals surface area contributed by atoms with Gasteiger partial charge in [-0.25, -0.2) is 0 Å². The van der Waals surface area contributed by atoms with Gasteiger partial charge in [-0.05, 0) is 19.4 Å². The number of hydrogen-bond donors (Lipinski definition) is 1. The van der Waals surface area contributed by atoms with Crippen molar-refractivity contribution in [1.29, 1.82) is 0 Å². The monoisotopic (exact) mass is 261 g/mol. The SMILES string of the molecule is CC1=C(N)C(=O)C(C2(C)CCC(=O)C2(C)C)=CC1=O. The van der Waals surface area contributed by atoms with E-state index in [-0.39, 0.29) is 23.0 Å². The quantitative estimate of drug-likeness (QED) is 0.729. The highest BCUT2D eigenvalue weighted by Crippen LogP contribution is 2.55. The van der Waals surface area contributed by atoms with Crippen LogP contribution >= 0.6 is 0 Å². The number of Topliss-reactive ketones (excluding diaryl/α,β-unsaturated/α-hetero) is 2. The molecule has 0 aromatic rings. The number of carbonyl (C=O) groups excluding carboxylic acids is 3. The third-order valence-corrected chi connectivity index (χ3v) is 5.06. The summed E-state index contributed by atoms with van der Waals surface area (Å²) in [7, 11) is 0. The fraction of sp³-hybridized carbons (Fsp3) is 0.533. The third kappa shape index (κ3) is 1.62. The summed E-state index contributed by atoms with van der Waals surface area (Å²) >= 11 is 0. The highest BCUT2D eigenvalue weighted by Gasteiger charge is 2.55. The maximum atomic E-state index is 12.4. The second-order valence-corrected chi connectivity index (χ2v) is 6.17. The molecule has 2 aliphatic carbocycles. The number of allylic oxidation sites excluding steroid dienone is 3. The van der Waals surface area contributed by atoms with Gasteiger partial charge in [0.2, 0.25) is 5.78 Å². The molecule has 0 heterocycles. The molecule has 2 rings (SSSR count). The Balaban J connectivity index is 2.55. The Morgan fingerprint density at radius 3 is 2.21 bits per heavy atom. The number of hydrogen-bond acceptors (Lipinski definition) is 4. The van der Waals surface area contributed by atoms with E-state index >= 15 is 0 Å². The zero-order valence-corrected chi connectivity index (χ0v) is 11.8. The molecule has 0 saturated heterocycles. The summed E-state index contributed by atoms with van der Waals surface area (Å²) in [5.74, 6) is -0.410. The average Bonchev–Trinajstić information content (AvgIpc) is 2.55. The van der Waals surface area contributed by atoms with Crippen LogP contribution in [0.3, 0.4) is 0 Å². The molecule has 1 saturated carbocycles. The summed E-state index contributed by atoms with van der Waals surface area (Å²) in [6, 6.07) is 0. The lowest BCUT2D eigenvalue weighted by atomic mass is 9.62. The van der Waals surface area contributed by atoms with Crippen LogP contribution in [0.5, 0.6) is 0 Å². The summed E-state index contributed by atoms with van der Waals surface area (Å²) in [4.78, 5) is 36.3. The van der Waals surface area contributed by atoms with Crippen LogP contribution in [0.15, 0.2) is 22.9 Å². The summed E-state index contributed by atoms with van der Waals surface area (Å²) in [5.41, 5.74) is 5.15. The number of ketones is 3. The van der Waals surface area contributed by atoms with Crippen molar-refractivity contribution in [1.82, 2.24) is 0 Å². The van der Waals surface area contributed by atoms with E-state index in [0.29, 0.717) is 24.0 Å². The zero-order valence-electron chi connectivity index (χ0n) is 11.8. The highest BCUT2D eigenvalue weighted by molar-refractivity contribution is 6.23. The Bertz CT molecular complexity index is 566. The molecule has 1 atom stereocenters. The van der Waals surface area contributed by atoms with Gasteiger partial charge < -0.3 is 5.73 Å². The van der Waals surface area contributed by atoms with Gasteiger partial charge in [-0.15, -0.1) is 0 Å². The molecule has 19 heavy (non-hydrogen) atoms. The third-order valence-electron chi connectivity index (χ3n) is 5.06. The minimum atomic E-state index is -0.652. The van der Waals surface area contributed by atoms with Crippen LogP contribution in [-0.2, 0) is 14.4 Å². The maximum Gasteiger partial charge on any atom is 0.205 e. The van der Waals surface area contributed by atoms with Crippen LogP contribution in [0.1, 0.15) is 40.5 Å². The fourth-order valence-corrected chi connectivity index (χ4v) is 2.93. The molecule has 0 spiro atoms. The van der Waals surface area contributed by atoms with Gasteiger partial charge >= 0.3 is 0 Å². The van der Waals surface area contributed by atoms with E-state index in [1.54, 1.807) is 6.92 Å². The van der Waals surface area contributed by atoms with E-state index in [1.807, 2.05) is 20.8 Å². The minimum Gasteiger partial charge on any atom is -0.395 e. The van der Waals surface area contributed by atoms with E-state index in [2.05, 4.69) is 0 Å². The molecule has 0 bridgehead atoms. The second-order valence-electron chi connectivity index (χ2n) is 6.17. The fourth-order valence-electron chi connectivity index (χ4n) is 2.93. The molecule has 0 radical (unpaired) electrons. The van der Waals surface area contributed by atoms with Crippen LogP contribution in [0.2, 0.25) is 0 Å². The van der Waals surface area contributed by atoms with Gasteiger partial charge in [0.15, 0.2) is 5.78 Å². The van der Waals surface area contributed by atoms with Gasteiger partial charge in [0, 0.05) is 28.4 Å². The van der Waals surface area contributed by atoms with Crippen molar-refractivity contribution in [3.05, 3.63) is 22.9 Å². The lowest BCUT2D eigenvalue weighted by Crippen LogP contribution is -2.41. The van der Waals surface area contributed by atoms with Crippen molar-refractivity contribution in [2.45, 2.75) is 40.5 Å². The van der Waals surface area contributed by atoms with Crippen LogP contribution in [0, 0.1) is 10.8 Å². The summed E-state index contributed by atoms with van der Waals surface area (Å²) in [6.45, 7) is 7.10. The number of nitrogens with two attached hydrogens (primary N) is 1. The van der Waals surface area contributed by atoms with E-state index in [1.165, 1.54) is 6.08 Å². The van der Waals surface area contributed by atoms with E-state index in [9.17, 15) is 14.4 Å². The molecule has 0 aromatic carbocycles. The lowest BCUT2D eigenvalue weighted by molar-refractivity contribution is -0.127. The molecule has 0 aromatic heterocycles. The Kier molecular flexibility index (Phi) is 2.81. The predicted molar refractivity (Wildman–Crippen MR) is 71.1 cm³/mol. The topological polar surface area (TPSA) is 77.2 Å². The van der Waals surface area contributed by atoms with Crippen LogP contribution in [-0.4, -0.2) is 17.3 Å². The Hall–Kier alpha value is -1.71. The molecule has 4 heteroatoms. The minimum absolute atomic E-state index is 0.0128. The predicted octanol–water partition coefficient (Wildman–Crippen LogP) is 1.69. The van der Waals surface area contributed by atoms with Crippen molar-refractivity contribution in [2.75, 3.05) is 0 Å². The molecule has 4 nitrogen and oxygen atoms in total. The summed E-state index contributed by atoms with van der Waals surface area (Å²) < 4.78 is 0. The van der Waals surface area contributed by atoms with Crippen molar-refractivity contribution < 1.29 is 14.4 Å². The Morgan fingerprint density at radius 1 is 1.16 bits per heavy atom. The molecular formula is C15H19NO3. The van der Waals surface area contributed by atoms with E-state index in [0.717, 1.165) is 0 Å². The van der Waals surface area contributed by atoms with Gasteiger partial charge in [-0.1, -0.05) is 20.8 Å². The summed E-state index contributed by atoms with van der Waals surface area (Å²) in [5, 5.41) is 0. The van der Waals surface area contributed by atoms with Crippen LogP contribution in [0.25, 0.3) is 0 Å². The molecular weight excluding hydrogens is 242 g/mol. The molecule has 102 valence electrons.